The Morgan fingerprint density at radius 3 is 2.92 bits per heavy atom. The van der Waals surface area contributed by atoms with Crippen LogP contribution in [-0.4, -0.2) is 15.2 Å². The van der Waals surface area contributed by atoms with Crippen LogP contribution < -0.4 is 10.8 Å². The van der Waals surface area contributed by atoms with Crippen molar-refractivity contribution in [3.05, 3.63) is 40.1 Å². The molecule has 0 saturated heterocycles. The van der Waals surface area contributed by atoms with E-state index in [9.17, 15) is 4.79 Å². The van der Waals surface area contributed by atoms with E-state index in [2.05, 4.69) is 5.10 Å². The number of hydrogen-bond acceptors (Lipinski definition) is 3. The van der Waals surface area contributed by atoms with Crippen molar-refractivity contribution in [2.45, 2.75) is 0 Å². The zero-order chi connectivity index (χ0) is 9.42. The van der Waals surface area contributed by atoms with Crippen molar-refractivity contribution in [3.63, 3.8) is 0 Å². The molecule has 1 aliphatic heterocycles. The summed E-state index contributed by atoms with van der Waals surface area (Å²) in [5.41, 5.74) is 0.661. The Bertz CT molecular complexity index is 526. The molecule has 0 fully saturated rings. The molecule has 13 heavy (non-hydrogen) atoms. The molecule has 0 bridgehead atoms. The van der Waals surface area contributed by atoms with Crippen molar-refractivity contribution in [2.24, 2.45) is 0 Å². The summed E-state index contributed by atoms with van der Waals surface area (Å²) in [7, 11) is 0. The van der Waals surface area contributed by atoms with Crippen molar-refractivity contribution < 1.29 is 5.21 Å². The van der Waals surface area contributed by atoms with Crippen LogP contribution in [0.1, 0.15) is 0 Å². The summed E-state index contributed by atoms with van der Waals surface area (Å²) in [4.78, 5) is 12.0. The second-order valence-electron chi connectivity index (χ2n) is 2.69. The van der Waals surface area contributed by atoms with Gasteiger partial charge in [0.25, 0.3) is 0 Å². The molecule has 0 aromatic carbocycles. The number of H-pyrrole nitrogens is 1. The van der Waals surface area contributed by atoms with Crippen LogP contribution in [0.2, 0.25) is 0 Å². The number of aromatic amines is 1. The Balaban J connectivity index is 2.99. The highest BCUT2D eigenvalue weighted by molar-refractivity contribution is 5.61. The fourth-order valence-electron chi connectivity index (χ4n) is 1.19. The normalized spacial score (nSPS) is 10.5. The summed E-state index contributed by atoms with van der Waals surface area (Å²) in [6.45, 7) is 0. The predicted octanol–water partition coefficient (Wildman–Crippen LogP) is -0.00203. The van der Waals surface area contributed by atoms with Gasteiger partial charge in [-0.1, -0.05) is 0 Å². The van der Waals surface area contributed by atoms with Gasteiger partial charge in [0.2, 0.25) is 0 Å². The highest BCUT2D eigenvalue weighted by Gasteiger charge is 2.07. The van der Waals surface area contributed by atoms with Gasteiger partial charge in [-0.05, 0) is 12.1 Å². The Labute approximate surface area is 72.7 Å². The third-order valence-electron chi connectivity index (χ3n) is 1.84. The van der Waals surface area contributed by atoms with E-state index in [4.69, 9.17) is 10.6 Å². The largest absolute Gasteiger partial charge is 0.413 e. The second-order valence-corrected chi connectivity index (χ2v) is 2.69. The monoisotopic (exact) mass is 177 g/mol. The van der Waals surface area contributed by atoms with Crippen molar-refractivity contribution in [1.29, 1.82) is 5.41 Å². The summed E-state index contributed by atoms with van der Waals surface area (Å²) in [6, 6.07) is 2.74. The molecular weight excluding hydrogens is 170 g/mol. The van der Waals surface area contributed by atoms with E-state index in [1.54, 1.807) is 0 Å². The van der Waals surface area contributed by atoms with Crippen LogP contribution in [0, 0.1) is 5.41 Å². The van der Waals surface area contributed by atoms with Gasteiger partial charge in [0.05, 0.1) is 17.1 Å². The number of hydrogen-bond donors (Lipinski definition) is 3. The lowest BCUT2D eigenvalue weighted by Crippen LogP contribution is -2.17. The van der Waals surface area contributed by atoms with E-state index in [1.165, 1.54) is 24.5 Å². The Morgan fingerprint density at radius 2 is 2.15 bits per heavy atom. The summed E-state index contributed by atoms with van der Waals surface area (Å²) in [5.74, 6) is 0. The van der Waals surface area contributed by atoms with Crippen LogP contribution in [0.25, 0.3) is 11.1 Å². The third-order valence-corrected chi connectivity index (χ3v) is 1.84. The van der Waals surface area contributed by atoms with Crippen molar-refractivity contribution in [2.75, 3.05) is 0 Å². The number of aromatic nitrogens is 2. The smallest absolute Gasteiger partial charge is 0.188 e. The zero-order valence-corrected chi connectivity index (χ0v) is 6.61. The van der Waals surface area contributed by atoms with Gasteiger partial charge < -0.3 is 10.6 Å². The minimum absolute atomic E-state index is 0.164. The lowest BCUT2D eigenvalue weighted by atomic mass is 10.1. The highest BCUT2D eigenvalue weighted by Crippen LogP contribution is 2.08. The second kappa shape index (κ2) is 2.48. The molecule has 0 saturated carbocycles. The fourth-order valence-corrected chi connectivity index (χ4v) is 1.19. The molecule has 1 aliphatic carbocycles. The standard InChI is InChI=1S/C8H7N3O2/c9-7-1-2-8(12)5-3-10-11(13)4-6(5)7/h1-4,9-10,13H. The van der Waals surface area contributed by atoms with Gasteiger partial charge in [0.15, 0.2) is 5.43 Å². The van der Waals surface area contributed by atoms with E-state index in [0.29, 0.717) is 16.0 Å². The minimum atomic E-state index is -0.164. The lowest BCUT2D eigenvalue weighted by molar-refractivity contribution is 0.144. The van der Waals surface area contributed by atoms with Crippen LogP contribution in [0.3, 0.4) is 0 Å². The van der Waals surface area contributed by atoms with Gasteiger partial charge in [-0.15, -0.1) is 4.85 Å². The fraction of sp³-hybridized carbons (Fsp3) is 0. The van der Waals surface area contributed by atoms with Crippen LogP contribution in [0.15, 0.2) is 29.3 Å². The molecule has 0 aromatic rings. The first-order valence-electron chi connectivity index (χ1n) is 3.66. The SMILES string of the molecule is N=c1ccc(=O)c2c[nH]n(O)cc1-2. The molecule has 2 aliphatic rings. The van der Waals surface area contributed by atoms with Crippen LogP contribution in [-0.2, 0) is 0 Å². The van der Waals surface area contributed by atoms with Gasteiger partial charge in [0, 0.05) is 11.8 Å². The van der Waals surface area contributed by atoms with Crippen LogP contribution >= 0.6 is 0 Å². The van der Waals surface area contributed by atoms with Crippen molar-refractivity contribution >= 4 is 0 Å². The van der Waals surface area contributed by atoms with Gasteiger partial charge in [-0.2, -0.15) is 0 Å². The summed E-state index contributed by atoms with van der Waals surface area (Å²) >= 11 is 0. The molecule has 0 radical (unpaired) electrons. The molecule has 2 rings (SSSR count). The number of benzene rings is 1. The number of nitrogens with zero attached hydrogens (tertiary/aromatic N) is 1. The number of rotatable bonds is 0. The molecule has 3 N–H and O–H groups in total. The van der Waals surface area contributed by atoms with Gasteiger partial charge >= 0.3 is 0 Å². The molecule has 0 unspecified atom stereocenters. The van der Waals surface area contributed by atoms with E-state index in [0.717, 1.165) is 0 Å². The number of nitrogens with one attached hydrogen (secondary N) is 2. The lowest BCUT2D eigenvalue weighted by Gasteiger charge is -2.04. The van der Waals surface area contributed by atoms with E-state index in [1.807, 2.05) is 0 Å². The van der Waals surface area contributed by atoms with Crippen LogP contribution in [0.4, 0.5) is 0 Å². The maximum atomic E-state index is 11.2. The summed E-state index contributed by atoms with van der Waals surface area (Å²) in [5, 5.41) is 19.1. The topological polar surface area (TPSA) is 81.9 Å². The first-order valence-corrected chi connectivity index (χ1v) is 3.66. The first-order chi connectivity index (χ1) is 6.18. The maximum absolute atomic E-state index is 11.2. The van der Waals surface area contributed by atoms with Gasteiger partial charge in [-0.3, -0.25) is 9.89 Å². The molecule has 5 nitrogen and oxygen atoms in total. The highest BCUT2D eigenvalue weighted by atomic mass is 16.5. The molecular formula is C8H7N3O2. The molecule has 0 spiro atoms. The minimum Gasteiger partial charge on any atom is -0.413 e. The molecule has 66 valence electrons. The molecule has 0 amide bonds. The first kappa shape index (κ1) is 7.60. The molecule has 0 aromatic heterocycles. The molecule has 0 atom stereocenters. The van der Waals surface area contributed by atoms with E-state index < -0.39 is 0 Å². The Kier molecular flexibility index (Phi) is 1.45. The zero-order valence-electron chi connectivity index (χ0n) is 6.61. The van der Waals surface area contributed by atoms with E-state index in [-0.39, 0.29) is 10.8 Å². The molecule has 1 heterocycles. The average Bonchev–Trinajstić information content (AvgIpc) is 2.12. The van der Waals surface area contributed by atoms with Gasteiger partial charge in [0.1, 0.15) is 0 Å². The predicted molar refractivity (Wildman–Crippen MR) is 44.7 cm³/mol. The van der Waals surface area contributed by atoms with Crippen LogP contribution in [0.5, 0.6) is 0 Å². The number of fused-ring (bicyclic) bond motifs is 1. The summed E-state index contributed by atoms with van der Waals surface area (Å²) in [6.07, 6.45) is 2.66. The van der Waals surface area contributed by atoms with Crippen molar-refractivity contribution in [1.82, 2.24) is 9.94 Å². The Morgan fingerprint density at radius 1 is 1.38 bits per heavy atom. The van der Waals surface area contributed by atoms with E-state index >= 15 is 0 Å². The summed E-state index contributed by atoms with van der Waals surface area (Å²) < 4.78 is 0. The maximum Gasteiger partial charge on any atom is 0.188 e. The average molecular weight is 177 g/mol. The quantitative estimate of drug-likeness (QED) is 0.495. The van der Waals surface area contributed by atoms with Gasteiger partial charge in [-0.25, -0.2) is 0 Å². The third kappa shape index (κ3) is 1.10. The molecule has 5 heteroatoms. The van der Waals surface area contributed by atoms with Crippen molar-refractivity contribution in [3.8, 4) is 11.1 Å². The Hall–Kier alpha value is -2.04.